The van der Waals surface area contributed by atoms with Crippen molar-refractivity contribution >= 4 is 50.8 Å². The van der Waals surface area contributed by atoms with Gasteiger partial charge in [-0.3, -0.25) is 10.1 Å². The molecule has 0 saturated heterocycles. The summed E-state index contributed by atoms with van der Waals surface area (Å²) in [6.45, 7) is 0. The molecule has 2 aromatic heterocycles. The van der Waals surface area contributed by atoms with Crippen LogP contribution in [0.15, 0.2) is 38.4 Å². The summed E-state index contributed by atoms with van der Waals surface area (Å²) in [4.78, 5) is 18.2. The molecule has 2 heterocycles. The van der Waals surface area contributed by atoms with Crippen molar-refractivity contribution in [1.29, 1.82) is 0 Å². The molecule has 6 nitrogen and oxygen atoms in total. The van der Waals surface area contributed by atoms with Crippen molar-refractivity contribution < 1.29 is 9.34 Å². The first-order valence-electron chi connectivity index (χ1n) is 4.96. The Bertz CT molecular complexity index is 770. The number of halogens is 1. The minimum atomic E-state index is -0.479. The Labute approximate surface area is 119 Å². The van der Waals surface area contributed by atoms with Crippen LogP contribution in [0.4, 0.5) is 5.00 Å². The molecule has 0 bridgehead atoms. The van der Waals surface area contributed by atoms with Crippen molar-refractivity contribution in [2.75, 3.05) is 0 Å². The predicted octanol–water partition coefficient (Wildman–Crippen LogP) is 4.00. The van der Waals surface area contributed by atoms with Crippen LogP contribution in [0.25, 0.3) is 11.1 Å². The summed E-state index contributed by atoms with van der Waals surface area (Å²) in [5, 5.41) is 11.5. The Balaban J connectivity index is 1.89. The molecule has 96 valence electrons. The zero-order valence-corrected chi connectivity index (χ0v) is 11.5. The first-order valence-corrected chi connectivity index (χ1v) is 6.97. The number of nitrogens with zero attached hydrogens (tertiary/aromatic N) is 3. The molecule has 3 rings (SSSR count). The zero-order chi connectivity index (χ0) is 13.4. The average molecular weight is 314 g/mol. The van der Waals surface area contributed by atoms with E-state index in [4.69, 9.17) is 16.0 Å². The molecule has 0 N–H and O–H groups in total. The Hall–Kier alpha value is -1.64. The molecule has 0 aliphatic carbocycles. The predicted molar refractivity (Wildman–Crippen MR) is 71.9 cm³/mol. The summed E-state index contributed by atoms with van der Waals surface area (Å²) < 4.78 is 5.99. The van der Waals surface area contributed by atoms with Crippen LogP contribution >= 0.6 is 34.7 Å². The number of fused-ring (bicyclic) bond motifs is 1. The molecule has 0 aliphatic heterocycles. The van der Waals surface area contributed by atoms with Crippen molar-refractivity contribution in [3.05, 3.63) is 39.5 Å². The van der Waals surface area contributed by atoms with Gasteiger partial charge >= 0.3 is 5.00 Å². The van der Waals surface area contributed by atoms with Crippen molar-refractivity contribution in [2.24, 2.45) is 0 Å². The van der Waals surface area contributed by atoms with E-state index >= 15 is 0 Å². The second kappa shape index (κ2) is 4.80. The lowest BCUT2D eigenvalue weighted by Gasteiger charge is -1.86. The highest BCUT2D eigenvalue weighted by molar-refractivity contribution is 8.00. The molecular formula is C10H4ClN3O3S2. The third-order valence-electron chi connectivity index (χ3n) is 2.16. The molecule has 1 aromatic carbocycles. The lowest BCUT2D eigenvalue weighted by molar-refractivity contribution is -0.380. The van der Waals surface area contributed by atoms with Crippen LogP contribution in [0.5, 0.6) is 0 Å². The molecular weight excluding hydrogens is 310 g/mol. The molecule has 0 saturated carbocycles. The number of thiazole rings is 1. The van der Waals surface area contributed by atoms with Gasteiger partial charge in [0.2, 0.25) is 0 Å². The van der Waals surface area contributed by atoms with Gasteiger partial charge in [0, 0.05) is 16.8 Å². The normalized spacial score (nSPS) is 11.0. The first kappa shape index (κ1) is 12.4. The fraction of sp³-hybridized carbons (Fsp3) is 0. The topological polar surface area (TPSA) is 82.1 Å². The largest absolute Gasteiger partial charge is 0.431 e. The second-order valence-corrected chi connectivity index (χ2v) is 6.06. The van der Waals surface area contributed by atoms with E-state index in [0.717, 1.165) is 23.1 Å². The minimum Gasteiger partial charge on any atom is -0.431 e. The summed E-state index contributed by atoms with van der Waals surface area (Å²) in [6, 6.07) is 5.12. The van der Waals surface area contributed by atoms with Crippen molar-refractivity contribution in [1.82, 2.24) is 9.97 Å². The van der Waals surface area contributed by atoms with Crippen LogP contribution in [0.3, 0.4) is 0 Å². The van der Waals surface area contributed by atoms with Crippen LogP contribution in [0.2, 0.25) is 5.02 Å². The van der Waals surface area contributed by atoms with Gasteiger partial charge < -0.3 is 4.42 Å². The molecule has 0 aliphatic rings. The fourth-order valence-corrected chi connectivity index (χ4v) is 3.18. The van der Waals surface area contributed by atoms with Crippen LogP contribution in [0, 0.1) is 10.1 Å². The lowest BCUT2D eigenvalue weighted by atomic mass is 10.3. The number of hydrogen-bond donors (Lipinski definition) is 0. The highest BCUT2D eigenvalue weighted by Crippen LogP contribution is 2.35. The SMILES string of the molecule is O=[N+]([O-])c1cnc(Sc2nc3cc(Cl)ccc3o2)s1. The molecule has 0 radical (unpaired) electrons. The van der Waals surface area contributed by atoms with E-state index in [1.807, 2.05) is 0 Å². The number of aromatic nitrogens is 2. The van der Waals surface area contributed by atoms with Gasteiger partial charge in [-0.1, -0.05) is 11.6 Å². The maximum atomic E-state index is 10.6. The smallest absolute Gasteiger partial charge is 0.344 e. The molecule has 0 amide bonds. The Kier molecular flexibility index (Phi) is 3.13. The number of hydrogen-bond acceptors (Lipinski definition) is 7. The van der Waals surface area contributed by atoms with E-state index in [1.165, 1.54) is 6.20 Å². The number of benzene rings is 1. The zero-order valence-electron chi connectivity index (χ0n) is 9.07. The summed E-state index contributed by atoms with van der Waals surface area (Å²) in [5.41, 5.74) is 1.25. The average Bonchev–Trinajstić information content (AvgIpc) is 2.95. The maximum absolute atomic E-state index is 10.6. The van der Waals surface area contributed by atoms with Gasteiger partial charge in [0.1, 0.15) is 11.7 Å². The highest BCUT2D eigenvalue weighted by atomic mass is 35.5. The van der Waals surface area contributed by atoms with E-state index in [9.17, 15) is 10.1 Å². The second-order valence-electron chi connectivity index (χ2n) is 3.42. The molecule has 3 aromatic rings. The summed E-state index contributed by atoms with van der Waals surface area (Å²) in [5.74, 6) is 0. The third-order valence-corrected chi connectivity index (χ3v) is 4.26. The van der Waals surface area contributed by atoms with Gasteiger partial charge in [-0.2, -0.15) is 0 Å². The highest BCUT2D eigenvalue weighted by Gasteiger charge is 2.15. The summed E-state index contributed by atoms with van der Waals surface area (Å²) in [6.07, 6.45) is 1.21. The van der Waals surface area contributed by atoms with Crippen LogP contribution in [0.1, 0.15) is 0 Å². The quantitative estimate of drug-likeness (QED) is 0.537. The van der Waals surface area contributed by atoms with Gasteiger partial charge in [0.15, 0.2) is 9.92 Å². The van der Waals surface area contributed by atoms with Gasteiger partial charge in [-0.15, -0.1) is 0 Å². The van der Waals surface area contributed by atoms with Crippen molar-refractivity contribution in [2.45, 2.75) is 9.56 Å². The lowest BCUT2D eigenvalue weighted by Crippen LogP contribution is -1.80. The standard InChI is InChI=1S/C10H4ClN3O3S2/c11-5-1-2-7-6(3-5)13-9(17-7)19-10-12-4-8(18-10)14(15)16/h1-4H. The van der Waals surface area contributed by atoms with Crippen LogP contribution in [-0.2, 0) is 0 Å². The molecule has 9 heteroatoms. The van der Waals surface area contributed by atoms with Gasteiger partial charge in [0.25, 0.3) is 5.22 Å². The molecule has 0 fully saturated rings. The van der Waals surface area contributed by atoms with Gasteiger partial charge in [0.05, 0.1) is 4.92 Å². The Morgan fingerprint density at radius 3 is 3.05 bits per heavy atom. The molecule has 0 spiro atoms. The first-order chi connectivity index (χ1) is 9.11. The summed E-state index contributed by atoms with van der Waals surface area (Å²) >= 11 is 7.97. The van der Waals surface area contributed by atoms with Crippen molar-refractivity contribution in [3.63, 3.8) is 0 Å². The molecule has 19 heavy (non-hydrogen) atoms. The monoisotopic (exact) mass is 313 g/mol. The molecule has 0 atom stereocenters. The van der Waals surface area contributed by atoms with Crippen molar-refractivity contribution in [3.8, 4) is 0 Å². The number of oxazole rings is 1. The Morgan fingerprint density at radius 1 is 1.47 bits per heavy atom. The van der Waals surface area contributed by atoms with Crippen LogP contribution < -0.4 is 0 Å². The van der Waals surface area contributed by atoms with E-state index in [1.54, 1.807) is 18.2 Å². The van der Waals surface area contributed by atoms with E-state index < -0.39 is 4.92 Å². The summed E-state index contributed by atoms with van der Waals surface area (Å²) in [7, 11) is 0. The third kappa shape index (κ3) is 2.55. The van der Waals surface area contributed by atoms with Gasteiger partial charge in [-0.05, 0) is 29.5 Å². The number of rotatable bonds is 3. The molecule has 0 unspecified atom stereocenters. The van der Waals surface area contributed by atoms with Gasteiger partial charge in [-0.25, -0.2) is 9.97 Å². The van der Waals surface area contributed by atoms with E-state index in [2.05, 4.69) is 9.97 Å². The minimum absolute atomic E-state index is 0.0124. The van der Waals surface area contributed by atoms with E-state index in [0.29, 0.717) is 25.7 Å². The van der Waals surface area contributed by atoms with Crippen LogP contribution in [-0.4, -0.2) is 14.9 Å². The number of nitro groups is 1. The fourth-order valence-electron chi connectivity index (χ4n) is 1.38. The maximum Gasteiger partial charge on any atom is 0.344 e. The Morgan fingerprint density at radius 2 is 2.32 bits per heavy atom. The van der Waals surface area contributed by atoms with E-state index in [-0.39, 0.29) is 5.00 Å².